The van der Waals surface area contributed by atoms with Crippen molar-refractivity contribution in [2.45, 2.75) is 26.2 Å². The smallest absolute Gasteiger partial charge is 0.341 e. The number of hydrogen-bond donors (Lipinski definition) is 0. The van der Waals surface area contributed by atoms with Crippen LogP contribution in [-0.4, -0.2) is 71.8 Å². The van der Waals surface area contributed by atoms with Gasteiger partial charge in [-0.3, -0.25) is 0 Å². The van der Waals surface area contributed by atoms with Crippen LogP contribution < -0.4 is 18.3 Å². The molecule has 5 aromatic carbocycles. The van der Waals surface area contributed by atoms with Crippen LogP contribution in [0.2, 0.25) is 0 Å². The first-order valence-electron chi connectivity index (χ1n) is 37.3. The summed E-state index contributed by atoms with van der Waals surface area (Å²) in [6.45, 7) is 0.590. The molecule has 108 heavy (non-hydrogen) atoms. The van der Waals surface area contributed by atoms with E-state index in [0.717, 1.165) is 160 Å². The van der Waals surface area contributed by atoms with Gasteiger partial charge in [-0.25, -0.2) is 81.0 Å². The van der Waals surface area contributed by atoms with Gasteiger partial charge in [0.2, 0.25) is 28.2 Å². The molecule has 0 amide bonds. The Kier molecular flexibility index (Phi) is 12.8. The maximum absolute atomic E-state index is 8.21. The average molecular weight is 1410 g/mol. The van der Waals surface area contributed by atoms with Crippen LogP contribution in [-0.2, 0) is 40.2 Å². The average Bonchev–Trinajstić information content (AvgIpc) is 1.55. The minimum atomic E-state index is -2.36. The zero-order valence-electron chi connectivity index (χ0n) is 61.0. The molecule has 20 heterocycles. The zero-order chi connectivity index (χ0) is 73.7. The van der Waals surface area contributed by atoms with E-state index in [1.807, 2.05) is 151 Å². The van der Waals surface area contributed by atoms with Gasteiger partial charge in [0, 0.05) is 71.8 Å². The molecule has 0 N–H and O–H groups in total. The zero-order valence-corrected chi connectivity index (χ0v) is 58.0. The van der Waals surface area contributed by atoms with E-state index in [-0.39, 0.29) is 0 Å². The monoisotopic (exact) mass is 1400 g/mol. The molecule has 4 aliphatic heterocycles. The van der Waals surface area contributed by atoms with Crippen LogP contribution >= 0.6 is 0 Å². The summed E-state index contributed by atoms with van der Waals surface area (Å²) in [6.07, 6.45) is 14.5. The highest BCUT2D eigenvalue weighted by atomic mass is 16.4. The van der Waals surface area contributed by atoms with Crippen molar-refractivity contribution in [1.29, 1.82) is 0 Å². The highest BCUT2D eigenvalue weighted by Crippen LogP contribution is 2.42. The molecular weight excluding hydrogens is 1340 g/mol. The second kappa shape index (κ2) is 24.0. The molecule has 0 unspecified atom stereocenters. The predicted octanol–water partition coefficient (Wildman–Crippen LogP) is 14.6. The predicted molar refractivity (Wildman–Crippen MR) is 414 cm³/mol. The van der Waals surface area contributed by atoms with Crippen LogP contribution in [0.25, 0.3) is 163 Å². The Morgan fingerprint density at radius 3 is 1.02 bits per heavy atom. The number of furan rings is 1. The van der Waals surface area contributed by atoms with Gasteiger partial charge in [-0.2, -0.15) is 9.13 Å². The lowest BCUT2D eigenvalue weighted by Gasteiger charge is -2.04. The van der Waals surface area contributed by atoms with Gasteiger partial charge in [-0.1, -0.05) is 115 Å². The van der Waals surface area contributed by atoms with Gasteiger partial charge in [0.1, 0.15) is 52.1 Å². The highest BCUT2D eigenvalue weighted by Gasteiger charge is 2.43. The van der Waals surface area contributed by atoms with Gasteiger partial charge >= 0.3 is 11.5 Å². The fourth-order valence-corrected chi connectivity index (χ4v) is 16.9. The lowest BCUT2D eigenvalue weighted by atomic mass is 10.2. The third kappa shape index (κ3) is 8.90. The van der Waals surface area contributed by atoms with Crippen molar-refractivity contribution >= 4 is 88.9 Å². The topological polar surface area (TPSA) is 166 Å². The number of hydrogen-bond acceptors (Lipinski definition) is 9. The molecular formula is C88H63N19O+4. The second-order valence-corrected chi connectivity index (χ2v) is 27.2. The normalized spacial score (nSPS) is 13.1. The van der Waals surface area contributed by atoms with Gasteiger partial charge in [0.05, 0.1) is 59.3 Å². The summed E-state index contributed by atoms with van der Waals surface area (Å²) in [6, 6.07) is 84.4. The van der Waals surface area contributed by atoms with E-state index in [1.54, 1.807) is 18.6 Å². The minimum absolute atomic E-state index is 0.460. The van der Waals surface area contributed by atoms with Crippen LogP contribution in [0.1, 0.15) is 26.4 Å². The first kappa shape index (κ1) is 57.8. The van der Waals surface area contributed by atoms with Gasteiger partial charge in [-0.05, 0) is 133 Å². The Bertz CT molecular complexity index is 7340. The Morgan fingerprint density at radius 1 is 0.287 bits per heavy atom. The standard InChI is InChI=1S/C26H18N5.2C21H16N5.C20H13N4O/c1-3-10-19(11-4-1)30-23-21-14-8-16-28-24(21)31(20-12-5-2-6-13-20)26(23)29-17-18-9-7-15-27-22(18)25(29)30;2*1-24-19-16(10-6-12-23-19)18-21(24)25-13-14-7-5-11-22-17(14)20(25)26(18)15-8-3-2-4-9-15;1-2-7-14(8-3-1)24-17-15-9-5-11-22-18(15)25-20(17)23-12-13-6-4-10-21-16(13)19(23)24/h1-16H,17H2;2*2-12H,13H2,1H3;1-11H,12H2/q4*+1/i;1D3;;. The van der Waals surface area contributed by atoms with E-state index in [2.05, 4.69) is 207 Å². The fourth-order valence-electron chi connectivity index (χ4n) is 16.9. The number of imidazole rings is 4. The van der Waals surface area contributed by atoms with E-state index in [0.29, 0.717) is 23.6 Å². The summed E-state index contributed by atoms with van der Waals surface area (Å²) in [7, 11) is 2.09. The molecule has 20 heteroatoms. The van der Waals surface area contributed by atoms with Crippen molar-refractivity contribution in [3.63, 3.8) is 0 Å². The fraction of sp³-hybridized carbons (Fsp3) is 0.0682. The van der Waals surface area contributed by atoms with E-state index < -0.39 is 6.98 Å². The van der Waals surface area contributed by atoms with Crippen LogP contribution in [0.4, 0.5) is 0 Å². The summed E-state index contributed by atoms with van der Waals surface area (Å²) >= 11 is 0. The Balaban J connectivity index is 0.0000000913. The molecule has 0 saturated heterocycles. The molecule has 512 valence electrons. The van der Waals surface area contributed by atoms with E-state index in [4.69, 9.17) is 23.5 Å². The maximum atomic E-state index is 8.21. The minimum Gasteiger partial charge on any atom is -0.400 e. The summed E-state index contributed by atoms with van der Waals surface area (Å²) in [5.41, 5.74) is 25.3. The molecule has 0 atom stereocenters. The lowest BCUT2D eigenvalue weighted by Crippen LogP contribution is -2.33. The van der Waals surface area contributed by atoms with Gasteiger partial charge in [-0.15, -0.1) is 0 Å². The molecule has 0 aliphatic carbocycles. The highest BCUT2D eigenvalue weighted by molar-refractivity contribution is 6.07. The van der Waals surface area contributed by atoms with Crippen molar-refractivity contribution in [1.82, 2.24) is 71.8 Å². The summed E-state index contributed by atoms with van der Waals surface area (Å²) in [4.78, 5) is 37.0. The quantitative estimate of drug-likeness (QED) is 0.152. The maximum Gasteiger partial charge on any atom is 0.341 e. The van der Waals surface area contributed by atoms with Gasteiger partial charge in [0.25, 0.3) is 34.4 Å². The van der Waals surface area contributed by atoms with Crippen LogP contribution in [0.5, 0.6) is 0 Å². The first-order valence-corrected chi connectivity index (χ1v) is 35.8. The molecule has 0 bridgehead atoms. The third-order valence-electron chi connectivity index (χ3n) is 21.2. The molecule has 0 saturated carbocycles. The van der Waals surface area contributed by atoms with Crippen LogP contribution in [0, 0.1) is 0 Å². The Labute approximate surface area is 619 Å². The Morgan fingerprint density at radius 2 is 0.593 bits per heavy atom. The van der Waals surface area contributed by atoms with E-state index >= 15 is 0 Å². The van der Waals surface area contributed by atoms with Crippen molar-refractivity contribution in [2.24, 2.45) is 14.0 Å². The molecule has 4 aliphatic rings. The van der Waals surface area contributed by atoms with Gasteiger partial charge in [0.15, 0.2) is 22.2 Å². The number of nitrogens with zero attached hydrogens (tertiary/aromatic N) is 19. The van der Waals surface area contributed by atoms with E-state index in [9.17, 15) is 0 Å². The number of benzene rings is 5. The molecule has 0 spiro atoms. The summed E-state index contributed by atoms with van der Waals surface area (Å²) in [5, 5.41) is 4.11. The number of rotatable bonds is 5. The van der Waals surface area contributed by atoms with Crippen LogP contribution in [0.15, 0.2) is 303 Å². The summed E-state index contributed by atoms with van der Waals surface area (Å²) in [5.74, 6) is 4.20. The van der Waals surface area contributed by atoms with Crippen molar-refractivity contribution in [3.05, 3.63) is 321 Å². The number of pyridine rings is 8. The molecule has 21 aromatic rings. The molecule has 25 rings (SSSR count). The van der Waals surface area contributed by atoms with Crippen molar-refractivity contribution < 1.29 is 26.8 Å². The summed E-state index contributed by atoms with van der Waals surface area (Å²) < 4.78 is 54.6. The number of aryl methyl sites for hydroxylation is 2. The third-order valence-corrected chi connectivity index (χ3v) is 21.2. The molecule has 0 radical (unpaired) electrons. The van der Waals surface area contributed by atoms with Crippen molar-refractivity contribution in [2.75, 3.05) is 0 Å². The largest absolute Gasteiger partial charge is 0.400 e. The SMILES string of the molecule is Cn1c2ncccc2c2c1[n+]1c(n2-c2ccccc2)-c2ncccc2C1.[2H]C([2H])([2H])n1c2ncccc2c2c1[n+]1c(n2-c2ccccc2)-c2ncccc2C1.c1ccc(-n2c3[n+](c4c2c2cccnc2n4-c2ccccc2)Cc2cccnc2-3)cc1.c1ccc(-n2c3[n+](c4oc5ncccc5c42)Cc2cccnc2-3)cc1. The molecule has 20 nitrogen and oxygen atoms in total. The first-order chi connectivity index (χ1) is 54.7. The van der Waals surface area contributed by atoms with Gasteiger partial charge < -0.3 is 4.42 Å². The van der Waals surface area contributed by atoms with E-state index in [1.165, 1.54) is 32.4 Å². The second-order valence-electron chi connectivity index (χ2n) is 27.2. The number of aromatic nitrogens is 19. The number of fused-ring (bicyclic) bond motifs is 28. The van der Waals surface area contributed by atoms with Crippen LogP contribution in [0.3, 0.4) is 0 Å². The molecule has 16 aromatic heterocycles. The Hall–Kier alpha value is -14.7. The number of para-hydroxylation sites is 5. The molecule has 0 fully saturated rings. The lowest BCUT2D eigenvalue weighted by molar-refractivity contribution is -0.652. The van der Waals surface area contributed by atoms with Crippen molar-refractivity contribution in [3.8, 4) is 74.5 Å².